The normalized spacial score (nSPS) is 10.7. The van der Waals surface area contributed by atoms with Crippen LogP contribution in [0.25, 0.3) is 6.08 Å². The summed E-state index contributed by atoms with van der Waals surface area (Å²) >= 11 is 0. The second-order valence-electron chi connectivity index (χ2n) is 5.03. The molecule has 0 aliphatic heterocycles. The first-order valence-corrected chi connectivity index (χ1v) is 7.73. The van der Waals surface area contributed by atoms with E-state index in [-0.39, 0.29) is 11.8 Å². The van der Waals surface area contributed by atoms with Gasteiger partial charge >= 0.3 is 0 Å². The molecule has 5 nitrogen and oxygen atoms in total. The Labute approximate surface area is 132 Å². The Bertz CT molecular complexity index is 505. The molecule has 0 saturated heterocycles. The Kier molecular flexibility index (Phi) is 7.89. The molecule has 120 valence electrons. The predicted molar refractivity (Wildman–Crippen MR) is 88.2 cm³/mol. The molecule has 22 heavy (non-hydrogen) atoms. The zero-order chi connectivity index (χ0) is 16.4. The first kappa shape index (κ1) is 17.9. The van der Waals surface area contributed by atoms with Gasteiger partial charge in [0.2, 0.25) is 11.8 Å². The zero-order valence-electron chi connectivity index (χ0n) is 13.6. The number of amides is 2. The van der Waals surface area contributed by atoms with Crippen molar-refractivity contribution in [2.45, 2.75) is 33.6 Å². The van der Waals surface area contributed by atoms with Gasteiger partial charge in [0.1, 0.15) is 0 Å². The minimum absolute atomic E-state index is 0.139. The molecule has 1 aromatic heterocycles. The van der Waals surface area contributed by atoms with Crippen LogP contribution in [0.4, 0.5) is 0 Å². The van der Waals surface area contributed by atoms with Gasteiger partial charge in [-0.25, -0.2) is 0 Å². The van der Waals surface area contributed by atoms with E-state index < -0.39 is 0 Å². The number of hydrogen-bond acceptors (Lipinski definition) is 3. The van der Waals surface area contributed by atoms with Crippen molar-refractivity contribution in [1.82, 2.24) is 15.2 Å². The summed E-state index contributed by atoms with van der Waals surface area (Å²) in [6, 6.07) is 3.81. The van der Waals surface area contributed by atoms with Crippen molar-refractivity contribution < 1.29 is 9.59 Å². The Balaban J connectivity index is 2.26. The Morgan fingerprint density at radius 3 is 2.59 bits per heavy atom. The maximum absolute atomic E-state index is 11.8. The highest BCUT2D eigenvalue weighted by Crippen LogP contribution is 2.01. The van der Waals surface area contributed by atoms with Gasteiger partial charge < -0.3 is 10.2 Å². The van der Waals surface area contributed by atoms with E-state index in [1.54, 1.807) is 17.2 Å². The molecule has 0 aliphatic rings. The molecule has 0 aromatic carbocycles. The fraction of sp³-hybridized carbons (Fsp3) is 0.471. The minimum atomic E-state index is -0.157. The van der Waals surface area contributed by atoms with Crippen molar-refractivity contribution in [3.05, 3.63) is 35.7 Å². The van der Waals surface area contributed by atoms with Crippen molar-refractivity contribution >= 4 is 17.9 Å². The lowest BCUT2D eigenvalue weighted by atomic mass is 10.2. The summed E-state index contributed by atoms with van der Waals surface area (Å²) in [6.07, 6.45) is 6.05. The van der Waals surface area contributed by atoms with Gasteiger partial charge in [0.25, 0.3) is 0 Å². The first-order valence-electron chi connectivity index (χ1n) is 7.73. The highest BCUT2D eigenvalue weighted by atomic mass is 16.2. The lowest BCUT2D eigenvalue weighted by Gasteiger charge is -2.18. The molecule has 0 atom stereocenters. The van der Waals surface area contributed by atoms with Crippen LogP contribution < -0.4 is 5.32 Å². The lowest BCUT2D eigenvalue weighted by molar-refractivity contribution is -0.131. The monoisotopic (exact) mass is 303 g/mol. The molecule has 1 heterocycles. The molecule has 1 aromatic rings. The average Bonchev–Trinajstić information content (AvgIpc) is 2.52. The number of nitrogens with zero attached hydrogens (tertiary/aromatic N) is 2. The van der Waals surface area contributed by atoms with Crippen molar-refractivity contribution in [1.29, 1.82) is 0 Å². The average molecular weight is 303 g/mol. The zero-order valence-corrected chi connectivity index (χ0v) is 13.6. The SMILES string of the molecule is CCN(CC)C(=O)CCCNC(=O)C=Cc1ccc(C)nc1. The van der Waals surface area contributed by atoms with Crippen LogP contribution in [0.15, 0.2) is 24.4 Å². The van der Waals surface area contributed by atoms with Crippen molar-refractivity contribution in [3.63, 3.8) is 0 Å². The molecular formula is C17H25N3O2. The Morgan fingerprint density at radius 1 is 1.27 bits per heavy atom. The molecule has 2 amide bonds. The molecule has 0 spiro atoms. The number of pyridine rings is 1. The van der Waals surface area contributed by atoms with Gasteiger partial charge in [-0.05, 0) is 44.9 Å². The van der Waals surface area contributed by atoms with Gasteiger partial charge in [0.05, 0.1) is 0 Å². The molecule has 5 heteroatoms. The summed E-state index contributed by atoms with van der Waals surface area (Å²) in [5.41, 5.74) is 1.83. The topological polar surface area (TPSA) is 62.3 Å². The molecular weight excluding hydrogens is 278 g/mol. The number of aromatic nitrogens is 1. The molecule has 0 bridgehead atoms. The van der Waals surface area contributed by atoms with Crippen LogP contribution in [0.2, 0.25) is 0 Å². The summed E-state index contributed by atoms with van der Waals surface area (Å²) in [6.45, 7) is 7.81. The van der Waals surface area contributed by atoms with E-state index in [1.807, 2.05) is 32.9 Å². The first-order chi connectivity index (χ1) is 10.6. The largest absolute Gasteiger partial charge is 0.353 e. The maximum atomic E-state index is 11.8. The molecule has 0 aliphatic carbocycles. The van der Waals surface area contributed by atoms with E-state index in [9.17, 15) is 9.59 Å². The smallest absolute Gasteiger partial charge is 0.244 e. The molecule has 1 rings (SSSR count). The number of carbonyl (C=O) groups excluding carboxylic acids is 2. The summed E-state index contributed by atoms with van der Waals surface area (Å²) in [5, 5.41) is 2.78. The van der Waals surface area contributed by atoms with Gasteiger partial charge in [-0.15, -0.1) is 0 Å². The van der Waals surface area contributed by atoms with Crippen LogP contribution in [-0.4, -0.2) is 41.3 Å². The van der Waals surface area contributed by atoms with Gasteiger partial charge in [-0.1, -0.05) is 6.07 Å². The number of aryl methyl sites for hydroxylation is 1. The van der Waals surface area contributed by atoms with E-state index >= 15 is 0 Å². The number of carbonyl (C=O) groups is 2. The fourth-order valence-corrected chi connectivity index (χ4v) is 1.99. The summed E-state index contributed by atoms with van der Waals surface area (Å²) in [7, 11) is 0. The molecule has 1 N–H and O–H groups in total. The lowest BCUT2D eigenvalue weighted by Crippen LogP contribution is -2.31. The van der Waals surface area contributed by atoms with E-state index in [1.165, 1.54) is 6.08 Å². The molecule has 0 saturated carbocycles. The number of rotatable bonds is 8. The Morgan fingerprint density at radius 2 is 2.00 bits per heavy atom. The maximum Gasteiger partial charge on any atom is 0.244 e. The second-order valence-corrected chi connectivity index (χ2v) is 5.03. The van der Waals surface area contributed by atoms with Crippen LogP contribution in [0.5, 0.6) is 0 Å². The van der Waals surface area contributed by atoms with Crippen LogP contribution in [-0.2, 0) is 9.59 Å². The highest BCUT2D eigenvalue weighted by molar-refractivity contribution is 5.91. The van der Waals surface area contributed by atoms with Gasteiger partial charge in [0, 0.05) is 44.0 Å². The standard InChI is InChI=1S/C17H25N3O2/c1-4-20(5-2)17(22)7-6-12-18-16(21)11-10-15-9-8-14(3)19-13-15/h8-11,13H,4-7,12H2,1-3H3,(H,18,21). The van der Waals surface area contributed by atoms with Crippen molar-refractivity contribution in [2.24, 2.45) is 0 Å². The van der Waals surface area contributed by atoms with Crippen LogP contribution >= 0.6 is 0 Å². The van der Waals surface area contributed by atoms with Crippen molar-refractivity contribution in [2.75, 3.05) is 19.6 Å². The van der Waals surface area contributed by atoms with Crippen LogP contribution in [0, 0.1) is 6.92 Å². The summed E-state index contributed by atoms with van der Waals surface area (Å²) in [5.74, 6) is -0.0172. The van der Waals surface area contributed by atoms with Crippen molar-refractivity contribution in [3.8, 4) is 0 Å². The number of nitrogens with one attached hydrogen (secondary N) is 1. The third kappa shape index (κ3) is 6.52. The van der Waals surface area contributed by atoms with Gasteiger partial charge in [0.15, 0.2) is 0 Å². The predicted octanol–water partition coefficient (Wildman–Crippen LogP) is 2.17. The quantitative estimate of drug-likeness (QED) is 0.591. The molecule has 0 unspecified atom stereocenters. The minimum Gasteiger partial charge on any atom is -0.353 e. The molecule has 0 radical (unpaired) electrons. The fourth-order valence-electron chi connectivity index (χ4n) is 1.99. The van der Waals surface area contributed by atoms with E-state index in [2.05, 4.69) is 10.3 Å². The Hall–Kier alpha value is -2.17. The number of hydrogen-bond donors (Lipinski definition) is 1. The summed E-state index contributed by atoms with van der Waals surface area (Å²) in [4.78, 5) is 29.4. The third-order valence-corrected chi connectivity index (χ3v) is 3.34. The molecule has 0 fully saturated rings. The van der Waals surface area contributed by atoms with Crippen LogP contribution in [0.1, 0.15) is 37.9 Å². The second kappa shape index (κ2) is 9.71. The van der Waals surface area contributed by atoms with Gasteiger partial charge in [-0.2, -0.15) is 0 Å². The van der Waals surface area contributed by atoms with E-state index in [0.29, 0.717) is 19.4 Å². The highest BCUT2D eigenvalue weighted by Gasteiger charge is 2.08. The van der Waals surface area contributed by atoms with Crippen LogP contribution in [0.3, 0.4) is 0 Å². The van der Waals surface area contributed by atoms with E-state index in [0.717, 1.165) is 24.3 Å². The third-order valence-electron chi connectivity index (χ3n) is 3.34. The summed E-state index contributed by atoms with van der Waals surface area (Å²) < 4.78 is 0. The van der Waals surface area contributed by atoms with E-state index in [4.69, 9.17) is 0 Å². The van der Waals surface area contributed by atoms with Gasteiger partial charge in [-0.3, -0.25) is 14.6 Å².